The van der Waals surface area contributed by atoms with Crippen LogP contribution in [0.15, 0.2) is 0 Å². The van der Waals surface area contributed by atoms with Crippen molar-refractivity contribution in [1.29, 1.82) is 0 Å². The molecular formula is C6H25NO2Si4. The fourth-order valence-corrected chi connectivity index (χ4v) is 2.28. The van der Waals surface area contributed by atoms with Gasteiger partial charge >= 0.3 is 0 Å². The van der Waals surface area contributed by atoms with Gasteiger partial charge < -0.3 is 14.0 Å². The average Bonchev–Trinajstić information content (AvgIpc) is 2.15. The number of hydrogen-bond donors (Lipinski definition) is 1. The second-order valence-corrected chi connectivity index (χ2v) is 11.3. The van der Waals surface area contributed by atoms with E-state index in [1.165, 1.54) is 6.04 Å². The second-order valence-electron chi connectivity index (χ2n) is 3.26. The van der Waals surface area contributed by atoms with Crippen LogP contribution in [-0.2, 0) is 8.23 Å². The second kappa shape index (κ2) is 12.7. The molecular weight excluding hydrogens is 230 g/mol. The Morgan fingerprint density at radius 1 is 1.15 bits per heavy atom. The molecule has 3 nitrogen and oxygen atoms in total. The summed E-state index contributed by atoms with van der Waals surface area (Å²) in [5, 5.41) is 0. The first-order chi connectivity index (χ1) is 6.08. The van der Waals surface area contributed by atoms with E-state index in [0.29, 0.717) is 0 Å². The molecule has 0 fully saturated rings. The molecule has 0 aliphatic rings. The van der Waals surface area contributed by atoms with Crippen LogP contribution in [0.5, 0.6) is 0 Å². The minimum absolute atomic E-state index is 0.588. The first-order valence-corrected chi connectivity index (χ1v) is 11.7. The SMILES string of the molecule is C[SiH](C)O[SiH3].C[SiH](CCCN)O[SiH3]. The summed E-state index contributed by atoms with van der Waals surface area (Å²) in [5.74, 6) is 0. The van der Waals surface area contributed by atoms with E-state index in [-0.39, 0.29) is 0 Å². The van der Waals surface area contributed by atoms with Crippen LogP contribution >= 0.6 is 0 Å². The van der Waals surface area contributed by atoms with E-state index >= 15 is 0 Å². The van der Waals surface area contributed by atoms with Crippen molar-refractivity contribution < 1.29 is 8.23 Å². The highest BCUT2D eigenvalue weighted by Crippen LogP contribution is 1.94. The third kappa shape index (κ3) is 19.2. The maximum Gasteiger partial charge on any atom is 0.159 e. The summed E-state index contributed by atoms with van der Waals surface area (Å²) in [7, 11) is 0.541. The third-order valence-electron chi connectivity index (χ3n) is 1.69. The number of hydrogen-bond acceptors (Lipinski definition) is 3. The zero-order valence-electron chi connectivity index (χ0n) is 9.67. The molecule has 0 aromatic carbocycles. The highest BCUT2D eigenvalue weighted by Gasteiger charge is 1.97. The first-order valence-electron chi connectivity index (χ1n) is 4.84. The highest BCUT2D eigenvalue weighted by molar-refractivity contribution is 6.54. The molecule has 13 heavy (non-hydrogen) atoms. The van der Waals surface area contributed by atoms with Crippen molar-refractivity contribution in [2.24, 2.45) is 5.73 Å². The van der Waals surface area contributed by atoms with Crippen molar-refractivity contribution in [3.63, 3.8) is 0 Å². The van der Waals surface area contributed by atoms with Gasteiger partial charge in [0.1, 0.15) is 21.0 Å². The molecule has 0 radical (unpaired) electrons. The molecule has 0 amide bonds. The van der Waals surface area contributed by atoms with Crippen LogP contribution in [0, 0.1) is 0 Å². The Labute approximate surface area is 91.9 Å². The molecule has 2 N–H and O–H groups in total. The molecule has 0 saturated carbocycles. The molecule has 0 aliphatic carbocycles. The van der Waals surface area contributed by atoms with Gasteiger partial charge in [-0.1, -0.05) is 0 Å². The fourth-order valence-electron chi connectivity index (χ4n) is 0.523. The Morgan fingerprint density at radius 3 is 1.85 bits per heavy atom. The zero-order valence-corrected chi connectivity index (χ0v) is 16.0. The molecule has 0 aromatic rings. The lowest BCUT2D eigenvalue weighted by molar-refractivity contribution is 0.629. The van der Waals surface area contributed by atoms with Crippen LogP contribution in [0.25, 0.3) is 0 Å². The molecule has 1 atom stereocenters. The van der Waals surface area contributed by atoms with E-state index in [9.17, 15) is 0 Å². The van der Waals surface area contributed by atoms with E-state index in [0.717, 1.165) is 33.9 Å². The lowest BCUT2D eigenvalue weighted by atomic mass is 10.5. The van der Waals surface area contributed by atoms with Gasteiger partial charge in [-0.15, -0.1) is 0 Å². The van der Waals surface area contributed by atoms with Gasteiger partial charge in [-0.05, 0) is 38.7 Å². The Balaban J connectivity index is 0. The molecule has 7 heteroatoms. The molecule has 0 bridgehead atoms. The number of nitrogens with two attached hydrogens (primary N) is 1. The summed E-state index contributed by atoms with van der Waals surface area (Å²) < 4.78 is 10.3. The smallest absolute Gasteiger partial charge is 0.159 e. The van der Waals surface area contributed by atoms with Crippen molar-refractivity contribution in [3.05, 3.63) is 0 Å². The van der Waals surface area contributed by atoms with Crippen LogP contribution in [0.1, 0.15) is 6.42 Å². The summed E-state index contributed by atoms with van der Waals surface area (Å²) in [5.41, 5.74) is 5.31. The average molecular weight is 256 g/mol. The molecule has 82 valence electrons. The molecule has 0 aromatic heterocycles. The quantitative estimate of drug-likeness (QED) is 0.593. The van der Waals surface area contributed by atoms with Gasteiger partial charge in [-0.2, -0.15) is 0 Å². The normalized spacial score (nSPS) is 12.7. The Kier molecular flexibility index (Phi) is 15.9. The van der Waals surface area contributed by atoms with Gasteiger partial charge in [0, 0.05) is 0 Å². The molecule has 0 saturated heterocycles. The lowest BCUT2D eigenvalue weighted by Gasteiger charge is -2.04. The third-order valence-corrected chi connectivity index (χ3v) is 9.90. The molecule has 1 unspecified atom stereocenters. The van der Waals surface area contributed by atoms with Gasteiger partial charge in [0.25, 0.3) is 0 Å². The van der Waals surface area contributed by atoms with Gasteiger partial charge in [0.15, 0.2) is 18.1 Å². The predicted molar refractivity (Wildman–Crippen MR) is 72.4 cm³/mol. The molecule has 0 spiro atoms. The summed E-state index contributed by atoms with van der Waals surface area (Å²) >= 11 is 0. The van der Waals surface area contributed by atoms with Crippen LogP contribution in [-0.4, -0.2) is 45.6 Å². The Morgan fingerprint density at radius 2 is 1.62 bits per heavy atom. The van der Waals surface area contributed by atoms with Crippen LogP contribution in [0.3, 0.4) is 0 Å². The molecule has 0 heterocycles. The Hall–Kier alpha value is 0.748. The summed E-state index contributed by atoms with van der Waals surface area (Å²) in [6.45, 7) is 7.39. The van der Waals surface area contributed by atoms with Crippen LogP contribution in [0.2, 0.25) is 25.7 Å². The maximum absolute atomic E-state index is 5.31. The van der Waals surface area contributed by atoms with Crippen molar-refractivity contribution in [1.82, 2.24) is 0 Å². The minimum atomic E-state index is -0.717. The molecule has 0 aliphatic heterocycles. The monoisotopic (exact) mass is 255 g/mol. The molecule has 0 rings (SSSR count). The summed E-state index contributed by atoms with van der Waals surface area (Å²) in [6.07, 6.45) is 1.15. The minimum Gasteiger partial charge on any atom is -0.466 e. The number of rotatable bonds is 5. The zero-order chi connectivity index (χ0) is 10.7. The Bertz CT molecular complexity index is 96.7. The van der Waals surface area contributed by atoms with Gasteiger partial charge in [0.05, 0.1) is 0 Å². The van der Waals surface area contributed by atoms with E-state index in [1.54, 1.807) is 0 Å². The van der Waals surface area contributed by atoms with Crippen LogP contribution < -0.4 is 5.73 Å². The van der Waals surface area contributed by atoms with E-state index in [1.807, 2.05) is 0 Å². The van der Waals surface area contributed by atoms with Crippen molar-refractivity contribution in [2.45, 2.75) is 32.1 Å². The van der Waals surface area contributed by atoms with E-state index in [2.05, 4.69) is 19.6 Å². The largest absolute Gasteiger partial charge is 0.466 e. The van der Waals surface area contributed by atoms with Gasteiger partial charge in [-0.25, -0.2) is 0 Å². The van der Waals surface area contributed by atoms with Gasteiger partial charge in [-0.3, -0.25) is 0 Å². The highest BCUT2D eigenvalue weighted by atomic mass is 28.3. The standard InChI is InChI=1S/C4H15NOSi2.C2H10OSi2/c1-8(6-7)4-2-3-5;1-5(2)3-4/h8H,2-5H2,1,7H3;5H,1-2,4H3. The van der Waals surface area contributed by atoms with Gasteiger partial charge in [0.2, 0.25) is 0 Å². The van der Waals surface area contributed by atoms with Crippen LogP contribution in [0.4, 0.5) is 0 Å². The summed E-state index contributed by atoms with van der Waals surface area (Å²) in [4.78, 5) is 0. The topological polar surface area (TPSA) is 44.5 Å². The van der Waals surface area contributed by atoms with Crippen molar-refractivity contribution >= 4 is 39.1 Å². The lowest BCUT2D eigenvalue weighted by Crippen LogP contribution is -2.12. The summed E-state index contributed by atoms with van der Waals surface area (Å²) in [6, 6.07) is 1.25. The van der Waals surface area contributed by atoms with Crippen molar-refractivity contribution in [2.75, 3.05) is 6.54 Å². The maximum atomic E-state index is 5.31. The first kappa shape index (κ1) is 16.2. The van der Waals surface area contributed by atoms with E-state index < -0.39 is 18.1 Å². The van der Waals surface area contributed by atoms with E-state index in [4.69, 9.17) is 14.0 Å². The predicted octanol–water partition coefficient (Wildman–Crippen LogP) is -1.75. The van der Waals surface area contributed by atoms with Crippen molar-refractivity contribution in [3.8, 4) is 0 Å². The fraction of sp³-hybridized carbons (Fsp3) is 1.00.